The zero-order valence-electron chi connectivity index (χ0n) is 12.0. The molecule has 0 spiro atoms. The van der Waals surface area contributed by atoms with Crippen molar-refractivity contribution in [2.24, 2.45) is 0 Å². The lowest BCUT2D eigenvalue weighted by Gasteiger charge is -2.34. The Kier molecular flexibility index (Phi) is 3.96. The quantitative estimate of drug-likeness (QED) is 0.815. The molecule has 1 amide bonds. The average molecular weight is 274 g/mol. The van der Waals surface area contributed by atoms with Gasteiger partial charge in [0.1, 0.15) is 0 Å². The van der Waals surface area contributed by atoms with Gasteiger partial charge in [-0.25, -0.2) is 0 Å². The van der Waals surface area contributed by atoms with Crippen LogP contribution in [0.4, 0.5) is 0 Å². The minimum Gasteiger partial charge on any atom is -0.341 e. The standard InChI is InChI=1S/C15H22N4O/c1-18-8-2-3-14(18)15(20)19-9-4-12(5-10-19)13-11-16-6-7-17-13/h6-7,11-12,14H,2-5,8-10H2,1H3. The smallest absolute Gasteiger partial charge is 0.239 e. The number of carbonyl (C=O) groups excluding carboxylic acids is 1. The van der Waals surface area contributed by atoms with Crippen LogP contribution in [0.15, 0.2) is 18.6 Å². The molecule has 2 aliphatic heterocycles. The van der Waals surface area contributed by atoms with Crippen molar-refractivity contribution in [3.63, 3.8) is 0 Å². The van der Waals surface area contributed by atoms with E-state index in [0.29, 0.717) is 11.8 Å². The summed E-state index contributed by atoms with van der Waals surface area (Å²) in [6.45, 7) is 2.75. The third-order valence-corrected chi connectivity index (χ3v) is 4.61. The molecule has 0 aliphatic carbocycles. The molecule has 2 saturated heterocycles. The van der Waals surface area contributed by atoms with Gasteiger partial charge in [-0.05, 0) is 39.3 Å². The number of rotatable bonds is 2. The van der Waals surface area contributed by atoms with Crippen LogP contribution >= 0.6 is 0 Å². The Bertz CT molecular complexity index is 456. The highest BCUT2D eigenvalue weighted by Crippen LogP contribution is 2.27. The van der Waals surface area contributed by atoms with Crippen molar-refractivity contribution in [2.75, 3.05) is 26.7 Å². The van der Waals surface area contributed by atoms with E-state index in [2.05, 4.69) is 21.9 Å². The van der Waals surface area contributed by atoms with Gasteiger partial charge in [0.25, 0.3) is 0 Å². The summed E-state index contributed by atoms with van der Waals surface area (Å²) in [6, 6.07) is 0.114. The summed E-state index contributed by atoms with van der Waals surface area (Å²) >= 11 is 0. The number of amides is 1. The zero-order chi connectivity index (χ0) is 13.9. The second-order valence-electron chi connectivity index (χ2n) is 5.87. The molecule has 0 aromatic carbocycles. The monoisotopic (exact) mass is 274 g/mol. The van der Waals surface area contributed by atoms with E-state index in [4.69, 9.17) is 0 Å². The van der Waals surface area contributed by atoms with E-state index in [0.717, 1.165) is 51.0 Å². The molecule has 0 saturated carbocycles. The fourth-order valence-corrected chi connectivity index (χ4v) is 3.35. The number of nitrogens with zero attached hydrogens (tertiary/aromatic N) is 4. The van der Waals surface area contributed by atoms with Crippen LogP contribution in [-0.2, 0) is 4.79 Å². The molecule has 1 aromatic rings. The summed E-state index contributed by atoms with van der Waals surface area (Å²) in [4.78, 5) is 25.3. The highest BCUT2D eigenvalue weighted by atomic mass is 16.2. The third kappa shape index (κ3) is 2.68. The Hall–Kier alpha value is -1.49. The summed E-state index contributed by atoms with van der Waals surface area (Å²) < 4.78 is 0. The molecule has 2 fully saturated rings. The lowest BCUT2D eigenvalue weighted by Crippen LogP contribution is -2.47. The Morgan fingerprint density at radius 2 is 2.00 bits per heavy atom. The predicted octanol–water partition coefficient (Wildman–Crippen LogP) is 1.28. The lowest BCUT2D eigenvalue weighted by atomic mass is 9.93. The molecule has 20 heavy (non-hydrogen) atoms. The van der Waals surface area contributed by atoms with Crippen LogP contribution in [0.25, 0.3) is 0 Å². The van der Waals surface area contributed by atoms with Crippen LogP contribution in [0, 0.1) is 0 Å². The van der Waals surface area contributed by atoms with Crippen molar-refractivity contribution in [2.45, 2.75) is 37.6 Å². The SMILES string of the molecule is CN1CCCC1C(=O)N1CCC(c2cnccn2)CC1. The van der Waals surface area contributed by atoms with Crippen molar-refractivity contribution in [1.82, 2.24) is 19.8 Å². The maximum Gasteiger partial charge on any atom is 0.239 e. The van der Waals surface area contributed by atoms with Crippen LogP contribution in [0.3, 0.4) is 0 Å². The van der Waals surface area contributed by atoms with Gasteiger partial charge in [0.15, 0.2) is 0 Å². The maximum absolute atomic E-state index is 12.5. The first-order valence-corrected chi connectivity index (χ1v) is 7.50. The molecule has 1 aromatic heterocycles. The number of likely N-dealkylation sites (N-methyl/N-ethyl adjacent to an activating group) is 1. The van der Waals surface area contributed by atoms with Gasteiger partial charge in [-0.15, -0.1) is 0 Å². The second kappa shape index (κ2) is 5.87. The van der Waals surface area contributed by atoms with E-state index >= 15 is 0 Å². The van der Waals surface area contributed by atoms with Crippen LogP contribution in [0.1, 0.15) is 37.3 Å². The van der Waals surface area contributed by atoms with E-state index in [9.17, 15) is 4.79 Å². The average Bonchev–Trinajstić information content (AvgIpc) is 2.94. The highest BCUT2D eigenvalue weighted by molar-refractivity contribution is 5.82. The molecule has 0 bridgehead atoms. The van der Waals surface area contributed by atoms with Gasteiger partial charge in [0.2, 0.25) is 5.91 Å². The molecule has 0 N–H and O–H groups in total. The first-order valence-electron chi connectivity index (χ1n) is 7.50. The number of carbonyl (C=O) groups is 1. The summed E-state index contributed by atoms with van der Waals surface area (Å²) in [5, 5.41) is 0. The Morgan fingerprint density at radius 3 is 2.60 bits per heavy atom. The summed E-state index contributed by atoms with van der Waals surface area (Å²) in [6.07, 6.45) is 9.47. The lowest BCUT2D eigenvalue weighted by molar-refractivity contribution is -0.136. The number of hydrogen-bond acceptors (Lipinski definition) is 4. The fraction of sp³-hybridized carbons (Fsp3) is 0.667. The highest BCUT2D eigenvalue weighted by Gasteiger charge is 2.33. The molecule has 5 nitrogen and oxygen atoms in total. The van der Waals surface area contributed by atoms with Crippen molar-refractivity contribution < 1.29 is 4.79 Å². The van der Waals surface area contributed by atoms with Gasteiger partial charge < -0.3 is 4.90 Å². The summed E-state index contributed by atoms with van der Waals surface area (Å²) in [7, 11) is 2.06. The Balaban J connectivity index is 1.57. The zero-order valence-corrected chi connectivity index (χ0v) is 12.0. The van der Waals surface area contributed by atoms with Gasteiger partial charge in [-0.2, -0.15) is 0 Å². The van der Waals surface area contributed by atoms with Crippen molar-refractivity contribution in [3.8, 4) is 0 Å². The molecule has 108 valence electrons. The Morgan fingerprint density at radius 1 is 1.20 bits per heavy atom. The van der Waals surface area contributed by atoms with Crippen LogP contribution in [0.5, 0.6) is 0 Å². The van der Waals surface area contributed by atoms with Gasteiger partial charge in [-0.1, -0.05) is 0 Å². The number of hydrogen-bond donors (Lipinski definition) is 0. The van der Waals surface area contributed by atoms with Crippen molar-refractivity contribution in [3.05, 3.63) is 24.3 Å². The van der Waals surface area contributed by atoms with Crippen LogP contribution in [-0.4, -0.2) is 58.4 Å². The van der Waals surface area contributed by atoms with Crippen LogP contribution < -0.4 is 0 Å². The topological polar surface area (TPSA) is 49.3 Å². The van der Waals surface area contributed by atoms with E-state index < -0.39 is 0 Å². The first-order chi connectivity index (χ1) is 9.75. The van der Waals surface area contributed by atoms with E-state index in [-0.39, 0.29) is 6.04 Å². The van der Waals surface area contributed by atoms with E-state index in [1.807, 2.05) is 11.1 Å². The normalized spacial score (nSPS) is 25.1. The van der Waals surface area contributed by atoms with Crippen molar-refractivity contribution in [1.29, 1.82) is 0 Å². The maximum atomic E-state index is 12.5. The number of aromatic nitrogens is 2. The molecule has 2 aliphatic rings. The molecule has 3 rings (SSSR count). The summed E-state index contributed by atoms with van der Waals surface area (Å²) in [5.74, 6) is 0.775. The fourth-order valence-electron chi connectivity index (χ4n) is 3.35. The molecule has 0 radical (unpaired) electrons. The number of piperidine rings is 1. The minimum atomic E-state index is 0.114. The van der Waals surface area contributed by atoms with Crippen LogP contribution in [0.2, 0.25) is 0 Å². The van der Waals surface area contributed by atoms with E-state index in [1.54, 1.807) is 12.4 Å². The first kappa shape index (κ1) is 13.5. The molecular weight excluding hydrogens is 252 g/mol. The van der Waals surface area contributed by atoms with Gasteiger partial charge in [-0.3, -0.25) is 19.7 Å². The van der Waals surface area contributed by atoms with Crippen molar-refractivity contribution >= 4 is 5.91 Å². The number of likely N-dealkylation sites (tertiary alicyclic amines) is 2. The predicted molar refractivity (Wildman–Crippen MR) is 76.2 cm³/mol. The largest absolute Gasteiger partial charge is 0.341 e. The van der Waals surface area contributed by atoms with E-state index in [1.165, 1.54) is 0 Å². The second-order valence-corrected chi connectivity index (χ2v) is 5.87. The summed E-state index contributed by atoms with van der Waals surface area (Å²) in [5.41, 5.74) is 1.07. The van der Waals surface area contributed by atoms with Gasteiger partial charge >= 0.3 is 0 Å². The van der Waals surface area contributed by atoms with Gasteiger partial charge in [0.05, 0.1) is 11.7 Å². The van der Waals surface area contributed by atoms with Gasteiger partial charge in [0, 0.05) is 37.6 Å². The Labute approximate surface area is 120 Å². The minimum absolute atomic E-state index is 0.114. The molecular formula is C15H22N4O. The third-order valence-electron chi connectivity index (χ3n) is 4.61. The molecule has 1 atom stereocenters. The molecule has 5 heteroatoms. The molecule has 3 heterocycles. The molecule has 1 unspecified atom stereocenters.